The highest BCUT2D eigenvalue weighted by Gasteiger charge is 2.31. The first-order chi connectivity index (χ1) is 5.52. The van der Waals surface area contributed by atoms with Gasteiger partial charge in [-0.3, -0.25) is 0 Å². The number of carboxylic acids is 1. The Kier molecular flexibility index (Phi) is 2.46. The average molecular weight is 174 g/mol. The number of carboxylic acid groups (broad SMARTS) is 1. The maximum absolute atomic E-state index is 10.4. The molecule has 0 bridgehead atoms. The first-order valence-electron chi connectivity index (χ1n) is 3.50. The second-order valence-electron chi connectivity index (χ2n) is 2.75. The van der Waals surface area contributed by atoms with Gasteiger partial charge in [-0.05, 0) is 6.08 Å². The van der Waals surface area contributed by atoms with E-state index < -0.39 is 24.3 Å². The van der Waals surface area contributed by atoms with Gasteiger partial charge in [-0.25, -0.2) is 4.79 Å². The fraction of sp³-hybridized carbons (Fsp3) is 0.571. The van der Waals surface area contributed by atoms with Gasteiger partial charge in [0, 0.05) is 12.0 Å². The van der Waals surface area contributed by atoms with Crippen LogP contribution < -0.4 is 0 Å². The molecule has 1 aliphatic carbocycles. The first-order valence-corrected chi connectivity index (χ1v) is 3.50. The van der Waals surface area contributed by atoms with Crippen LogP contribution in [0.3, 0.4) is 0 Å². The Hall–Kier alpha value is -0.910. The minimum Gasteiger partial charge on any atom is -0.478 e. The van der Waals surface area contributed by atoms with Gasteiger partial charge in [0.05, 0.1) is 6.10 Å². The van der Waals surface area contributed by atoms with Crippen molar-refractivity contribution >= 4 is 5.97 Å². The van der Waals surface area contributed by atoms with E-state index in [1.54, 1.807) is 0 Å². The highest BCUT2D eigenvalue weighted by atomic mass is 16.4. The third-order valence-electron chi connectivity index (χ3n) is 1.82. The Labute approximate surface area is 68.6 Å². The lowest BCUT2D eigenvalue weighted by Gasteiger charge is -2.25. The fourth-order valence-electron chi connectivity index (χ4n) is 1.11. The van der Waals surface area contributed by atoms with Crippen LogP contribution >= 0.6 is 0 Å². The van der Waals surface area contributed by atoms with Crippen molar-refractivity contribution in [1.29, 1.82) is 0 Å². The molecule has 0 heterocycles. The van der Waals surface area contributed by atoms with Gasteiger partial charge in [0.2, 0.25) is 0 Å². The lowest BCUT2D eigenvalue weighted by molar-refractivity contribution is -0.134. The molecule has 3 atom stereocenters. The molecule has 1 aliphatic rings. The molecule has 0 unspecified atom stereocenters. The average Bonchev–Trinajstić information content (AvgIpc) is 1.99. The minimum atomic E-state index is -1.29. The van der Waals surface area contributed by atoms with Gasteiger partial charge in [0.1, 0.15) is 12.2 Å². The van der Waals surface area contributed by atoms with Gasteiger partial charge < -0.3 is 20.4 Å². The van der Waals surface area contributed by atoms with E-state index in [9.17, 15) is 4.79 Å². The number of hydrogen-bond donors (Lipinski definition) is 4. The largest absolute Gasteiger partial charge is 0.478 e. The molecule has 0 saturated carbocycles. The van der Waals surface area contributed by atoms with Crippen LogP contribution in [-0.4, -0.2) is 44.7 Å². The fourth-order valence-corrected chi connectivity index (χ4v) is 1.11. The van der Waals surface area contributed by atoms with E-state index in [4.69, 9.17) is 20.4 Å². The maximum Gasteiger partial charge on any atom is 0.331 e. The second kappa shape index (κ2) is 3.22. The van der Waals surface area contributed by atoms with Crippen LogP contribution in [0, 0.1) is 0 Å². The van der Waals surface area contributed by atoms with Gasteiger partial charge in [-0.1, -0.05) is 0 Å². The summed E-state index contributed by atoms with van der Waals surface area (Å²) in [6.07, 6.45) is -2.86. The van der Waals surface area contributed by atoms with Crippen molar-refractivity contribution in [3.63, 3.8) is 0 Å². The zero-order valence-electron chi connectivity index (χ0n) is 6.21. The molecule has 5 heteroatoms. The summed E-state index contributed by atoms with van der Waals surface area (Å²) in [6, 6.07) is 0. The van der Waals surface area contributed by atoms with Gasteiger partial charge in [-0.2, -0.15) is 0 Å². The number of aliphatic hydroxyl groups is 3. The summed E-state index contributed by atoms with van der Waals surface area (Å²) >= 11 is 0. The summed E-state index contributed by atoms with van der Waals surface area (Å²) in [5.41, 5.74) is -0.0692. The molecule has 4 N–H and O–H groups in total. The lowest BCUT2D eigenvalue weighted by atomic mass is 9.92. The molecular formula is C7H10O5. The van der Waals surface area contributed by atoms with E-state index in [2.05, 4.69) is 0 Å². The molecule has 0 saturated heterocycles. The molecule has 5 nitrogen and oxygen atoms in total. The van der Waals surface area contributed by atoms with Crippen molar-refractivity contribution in [2.75, 3.05) is 0 Å². The van der Waals surface area contributed by atoms with Crippen LogP contribution in [0.4, 0.5) is 0 Å². The first kappa shape index (κ1) is 9.18. The Morgan fingerprint density at radius 1 is 1.42 bits per heavy atom. The number of aliphatic hydroxyl groups excluding tert-OH is 3. The van der Waals surface area contributed by atoms with E-state index in [-0.39, 0.29) is 12.0 Å². The van der Waals surface area contributed by atoms with Crippen molar-refractivity contribution in [2.45, 2.75) is 24.7 Å². The summed E-state index contributed by atoms with van der Waals surface area (Å²) in [7, 11) is 0. The van der Waals surface area contributed by atoms with Gasteiger partial charge in [-0.15, -0.1) is 0 Å². The lowest BCUT2D eigenvalue weighted by Crippen LogP contribution is -2.40. The predicted octanol–water partition coefficient (Wildman–Crippen LogP) is -1.52. The number of aliphatic carboxylic acids is 1. The predicted molar refractivity (Wildman–Crippen MR) is 38.4 cm³/mol. The SMILES string of the molecule is O=C(O)C1=C[C@@H](O)[C@H](O)[C@H](O)C1. The molecule has 0 fully saturated rings. The minimum absolute atomic E-state index is 0.0692. The normalized spacial score (nSPS) is 35.9. The van der Waals surface area contributed by atoms with Gasteiger partial charge in [0.15, 0.2) is 0 Å². The van der Waals surface area contributed by atoms with E-state index in [1.807, 2.05) is 0 Å². The summed E-state index contributed by atoms with van der Waals surface area (Å²) in [5.74, 6) is -1.18. The smallest absolute Gasteiger partial charge is 0.331 e. The highest BCUT2D eigenvalue weighted by molar-refractivity contribution is 5.87. The van der Waals surface area contributed by atoms with Crippen LogP contribution in [0.2, 0.25) is 0 Å². The Bertz CT molecular complexity index is 222. The third kappa shape index (κ3) is 1.63. The summed E-state index contributed by atoms with van der Waals surface area (Å²) in [6.45, 7) is 0. The van der Waals surface area contributed by atoms with Gasteiger partial charge in [0.25, 0.3) is 0 Å². The molecule has 1 rings (SSSR count). The maximum atomic E-state index is 10.4. The van der Waals surface area contributed by atoms with Crippen LogP contribution in [0.5, 0.6) is 0 Å². The van der Waals surface area contributed by atoms with Crippen molar-refractivity contribution in [2.24, 2.45) is 0 Å². The van der Waals surface area contributed by atoms with Crippen molar-refractivity contribution < 1.29 is 25.2 Å². The number of rotatable bonds is 1. The van der Waals surface area contributed by atoms with Crippen molar-refractivity contribution in [3.05, 3.63) is 11.6 Å². The van der Waals surface area contributed by atoms with E-state index in [0.717, 1.165) is 6.08 Å². The quantitative estimate of drug-likeness (QED) is 0.387. The molecule has 0 spiro atoms. The Morgan fingerprint density at radius 2 is 2.00 bits per heavy atom. The highest BCUT2D eigenvalue weighted by Crippen LogP contribution is 2.19. The standard InChI is InChI=1S/C7H10O5/c8-4-1-3(7(11)12)2-5(9)6(4)10/h1,4-6,8-10H,2H2,(H,11,12)/t4-,5-,6+/m1/s1. The zero-order valence-corrected chi connectivity index (χ0v) is 6.21. The monoisotopic (exact) mass is 174 g/mol. The van der Waals surface area contributed by atoms with E-state index in [1.165, 1.54) is 0 Å². The molecule has 12 heavy (non-hydrogen) atoms. The van der Waals surface area contributed by atoms with Crippen LogP contribution in [0.15, 0.2) is 11.6 Å². The molecule has 0 aliphatic heterocycles. The second-order valence-corrected chi connectivity index (χ2v) is 2.75. The molecule has 0 aromatic heterocycles. The van der Waals surface area contributed by atoms with Crippen LogP contribution in [0.1, 0.15) is 6.42 Å². The van der Waals surface area contributed by atoms with Crippen molar-refractivity contribution in [3.8, 4) is 0 Å². The number of hydrogen-bond acceptors (Lipinski definition) is 4. The summed E-state index contributed by atoms with van der Waals surface area (Å²) in [4.78, 5) is 10.4. The third-order valence-corrected chi connectivity index (χ3v) is 1.82. The summed E-state index contributed by atoms with van der Waals surface area (Å²) in [5, 5.41) is 35.6. The van der Waals surface area contributed by atoms with Gasteiger partial charge >= 0.3 is 5.97 Å². The topological polar surface area (TPSA) is 98.0 Å². The molecule has 0 aromatic carbocycles. The van der Waals surface area contributed by atoms with E-state index >= 15 is 0 Å². The molecule has 0 amide bonds. The van der Waals surface area contributed by atoms with Crippen LogP contribution in [-0.2, 0) is 4.79 Å². The molecule has 0 radical (unpaired) electrons. The molecule has 0 aromatic rings. The number of carbonyl (C=O) groups is 1. The molecular weight excluding hydrogens is 164 g/mol. The van der Waals surface area contributed by atoms with Crippen molar-refractivity contribution in [1.82, 2.24) is 0 Å². The van der Waals surface area contributed by atoms with Crippen LogP contribution in [0.25, 0.3) is 0 Å². The Morgan fingerprint density at radius 3 is 2.42 bits per heavy atom. The Balaban J connectivity index is 2.81. The zero-order chi connectivity index (χ0) is 9.30. The van der Waals surface area contributed by atoms with E-state index in [0.29, 0.717) is 0 Å². The summed E-state index contributed by atoms with van der Waals surface area (Å²) < 4.78 is 0. The molecule has 68 valence electrons.